The second-order valence-corrected chi connectivity index (χ2v) is 9.18. The third-order valence-corrected chi connectivity index (χ3v) is 6.47. The fraction of sp³-hybridized carbons (Fsp3) is 0.0833. The van der Waals surface area contributed by atoms with E-state index in [2.05, 4.69) is 20.7 Å². The minimum absolute atomic E-state index is 0.00750. The molecule has 4 aromatic rings. The number of methoxy groups -OCH3 is 1. The minimum atomic E-state index is -0.591. The van der Waals surface area contributed by atoms with E-state index in [-0.39, 0.29) is 16.5 Å². The van der Waals surface area contributed by atoms with Gasteiger partial charge < -0.3 is 4.74 Å². The summed E-state index contributed by atoms with van der Waals surface area (Å²) in [7, 11) is 1.59. The number of hydrogen-bond acceptors (Lipinski definition) is 8. The molecule has 1 heterocycles. The maximum Gasteiger partial charge on any atom is 0.288 e. The molecule has 13 heteroatoms. The quantitative estimate of drug-likeness (QED) is 0.126. The van der Waals surface area contributed by atoms with Gasteiger partial charge in [-0.1, -0.05) is 41.0 Å². The number of amides is 1. The van der Waals surface area contributed by atoms with Gasteiger partial charge in [-0.25, -0.2) is 5.43 Å². The predicted molar refractivity (Wildman–Crippen MR) is 143 cm³/mol. The number of rotatable bonds is 9. The molecule has 0 unspecified atom stereocenters. The van der Waals surface area contributed by atoms with Crippen LogP contribution in [0, 0.1) is 10.1 Å². The monoisotopic (exact) mass is 556 g/mol. The number of carbonyl (C=O) groups excluding carboxylic acids is 1. The molecule has 0 fully saturated rings. The fourth-order valence-electron chi connectivity index (χ4n) is 3.20. The molecule has 0 spiro atoms. The standard InChI is InChI=1S/C24H18Cl2N6O4S/c1-36-19-9-3-16(4-10-19)23-29-30-24(31(23)18-7-5-17(25)6-8-18)37-14-22(33)28-27-13-15-2-11-20(26)21(12-15)32(34)35/h2-13H,14H2,1H3,(H,28,33)/b27-13-. The second kappa shape index (κ2) is 11.9. The summed E-state index contributed by atoms with van der Waals surface area (Å²) in [5.74, 6) is 0.879. The highest BCUT2D eigenvalue weighted by Gasteiger charge is 2.18. The number of benzene rings is 3. The van der Waals surface area contributed by atoms with Gasteiger partial charge in [-0.2, -0.15) is 5.10 Å². The van der Waals surface area contributed by atoms with Crippen LogP contribution < -0.4 is 10.2 Å². The number of hydrogen-bond donors (Lipinski definition) is 1. The van der Waals surface area contributed by atoms with Gasteiger partial charge >= 0.3 is 0 Å². The zero-order chi connectivity index (χ0) is 26.4. The van der Waals surface area contributed by atoms with Crippen molar-refractivity contribution >= 4 is 52.8 Å². The number of nitro benzene ring substituents is 1. The SMILES string of the molecule is COc1ccc(-c2nnc(SCC(=O)N/N=C\c3ccc(Cl)c([N+](=O)[O-])c3)n2-c2ccc(Cl)cc2)cc1. The average Bonchev–Trinajstić information content (AvgIpc) is 3.32. The molecule has 0 aliphatic heterocycles. The molecular weight excluding hydrogens is 539 g/mol. The summed E-state index contributed by atoms with van der Waals surface area (Å²) >= 11 is 13.0. The van der Waals surface area contributed by atoms with E-state index in [1.807, 2.05) is 41.0 Å². The van der Waals surface area contributed by atoms with Crippen LogP contribution in [0.3, 0.4) is 0 Å². The van der Waals surface area contributed by atoms with Crippen molar-refractivity contribution < 1.29 is 14.5 Å². The molecule has 0 aliphatic carbocycles. The largest absolute Gasteiger partial charge is 0.497 e. The molecule has 188 valence electrons. The van der Waals surface area contributed by atoms with Gasteiger partial charge in [0, 0.05) is 27.9 Å². The van der Waals surface area contributed by atoms with E-state index < -0.39 is 10.8 Å². The number of hydrazone groups is 1. The van der Waals surface area contributed by atoms with Crippen molar-refractivity contribution in [1.29, 1.82) is 0 Å². The summed E-state index contributed by atoms with van der Waals surface area (Å²) in [5.41, 5.74) is 4.14. The zero-order valence-electron chi connectivity index (χ0n) is 19.2. The van der Waals surface area contributed by atoms with E-state index in [9.17, 15) is 14.9 Å². The lowest BCUT2D eigenvalue weighted by molar-refractivity contribution is -0.384. The number of nitrogens with one attached hydrogen (secondary N) is 1. The smallest absolute Gasteiger partial charge is 0.288 e. The van der Waals surface area contributed by atoms with Crippen LogP contribution in [0.25, 0.3) is 17.1 Å². The van der Waals surface area contributed by atoms with Crippen LogP contribution in [0.1, 0.15) is 5.56 Å². The molecular formula is C24H18Cl2N6O4S. The van der Waals surface area contributed by atoms with Gasteiger partial charge in [-0.05, 0) is 54.6 Å². The van der Waals surface area contributed by atoms with Crippen LogP contribution in [0.4, 0.5) is 5.69 Å². The molecule has 0 radical (unpaired) electrons. The number of nitro groups is 1. The van der Waals surface area contributed by atoms with Gasteiger partial charge in [0.05, 0.1) is 24.0 Å². The van der Waals surface area contributed by atoms with Crippen LogP contribution in [-0.2, 0) is 4.79 Å². The highest BCUT2D eigenvalue weighted by molar-refractivity contribution is 7.99. The first-order valence-electron chi connectivity index (χ1n) is 10.6. The Morgan fingerprint density at radius 1 is 1.14 bits per heavy atom. The average molecular weight is 557 g/mol. The fourth-order valence-corrected chi connectivity index (χ4v) is 4.26. The van der Waals surface area contributed by atoms with Crippen molar-refractivity contribution in [2.75, 3.05) is 12.9 Å². The number of halogens is 2. The molecule has 37 heavy (non-hydrogen) atoms. The van der Waals surface area contributed by atoms with Crippen molar-refractivity contribution in [2.45, 2.75) is 5.16 Å². The van der Waals surface area contributed by atoms with E-state index >= 15 is 0 Å². The first kappa shape index (κ1) is 26.1. The molecule has 10 nitrogen and oxygen atoms in total. The van der Waals surface area contributed by atoms with Crippen molar-refractivity contribution in [3.63, 3.8) is 0 Å². The molecule has 1 amide bonds. The Morgan fingerprint density at radius 2 is 1.86 bits per heavy atom. The van der Waals surface area contributed by atoms with Crippen LogP contribution in [0.15, 0.2) is 77.0 Å². The summed E-state index contributed by atoms with van der Waals surface area (Å²) in [6.45, 7) is 0. The normalized spacial score (nSPS) is 11.0. The Bertz CT molecular complexity index is 1460. The minimum Gasteiger partial charge on any atom is -0.497 e. The summed E-state index contributed by atoms with van der Waals surface area (Å²) < 4.78 is 7.06. The van der Waals surface area contributed by atoms with Crippen molar-refractivity contribution in [1.82, 2.24) is 20.2 Å². The molecule has 1 aromatic heterocycles. The van der Waals surface area contributed by atoms with Gasteiger partial charge in [0.1, 0.15) is 10.8 Å². The number of nitrogens with zero attached hydrogens (tertiary/aromatic N) is 5. The summed E-state index contributed by atoms with van der Waals surface area (Å²) in [4.78, 5) is 22.8. The van der Waals surface area contributed by atoms with Gasteiger partial charge in [0.25, 0.3) is 11.6 Å². The van der Waals surface area contributed by atoms with Crippen LogP contribution in [-0.4, -0.2) is 44.7 Å². The van der Waals surface area contributed by atoms with Crippen LogP contribution >= 0.6 is 35.0 Å². The van der Waals surface area contributed by atoms with E-state index in [1.54, 1.807) is 25.3 Å². The topological polar surface area (TPSA) is 125 Å². The van der Waals surface area contributed by atoms with E-state index in [4.69, 9.17) is 27.9 Å². The van der Waals surface area contributed by atoms with Gasteiger partial charge in [0.15, 0.2) is 11.0 Å². The van der Waals surface area contributed by atoms with Crippen molar-refractivity contribution in [3.05, 3.63) is 92.5 Å². The van der Waals surface area contributed by atoms with E-state index in [0.29, 0.717) is 27.3 Å². The third kappa shape index (κ3) is 6.45. The van der Waals surface area contributed by atoms with Crippen molar-refractivity contribution in [3.8, 4) is 22.8 Å². The number of thioether (sulfide) groups is 1. The number of aromatic nitrogens is 3. The van der Waals surface area contributed by atoms with Crippen LogP contribution in [0.5, 0.6) is 5.75 Å². The Labute approximate surface area is 225 Å². The molecule has 1 N–H and O–H groups in total. The van der Waals surface area contributed by atoms with Crippen LogP contribution in [0.2, 0.25) is 10.0 Å². The molecule has 0 aliphatic rings. The lowest BCUT2D eigenvalue weighted by Gasteiger charge is -2.11. The lowest BCUT2D eigenvalue weighted by atomic mass is 10.2. The maximum atomic E-state index is 12.4. The molecule has 0 bridgehead atoms. The highest BCUT2D eigenvalue weighted by atomic mass is 35.5. The van der Waals surface area contributed by atoms with Crippen molar-refractivity contribution in [2.24, 2.45) is 5.10 Å². The Kier molecular flexibility index (Phi) is 8.39. The maximum absolute atomic E-state index is 12.4. The highest BCUT2D eigenvalue weighted by Crippen LogP contribution is 2.29. The lowest BCUT2D eigenvalue weighted by Crippen LogP contribution is -2.20. The first-order chi connectivity index (χ1) is 17.9. The zero-order valence-corrected chi connectivity index (χ0v) is 21.5. The molecule has 0 atom stereocenters. The Balaban J connectivity index is 1.49. The van der Waals surface area contributed by atoms with E-state index in [1.165, 1.54) is 30.1 Å². The van der Waals surface area contributed by atoms with E-state index in [0.717, 1.165) is 11.3 Å². The Hall–Kier alpha value is -3.93. The van der Waals surface area contributed by atoms with Gasteiger partial charge in [-0.15, -0.1) is 10.2 Å². The van der Waals surface area contributed by atoms with Gasteiger partial charge in [-0.3, -0.25) is 19.5 Å². The summed E-state index contributed by atoms with van der Waals surface area (Å²) in [6, 6.07) is 18.8. The summed E-state index contributed by atoms with van der Waals surface area (Å²) in [5, 5.41) is 24.6. The first-order valence-corrected chi connectivity index (χ1v) is 12.3. The third-order valence-electron chi connectivity index (χ3n) is 4.97. The predicted octanol–water partition coefficient (Wildman–Crippen LogP) is 5.40. The number of carbonyl (C=O) groups is 1. The Morgan fingerprint density at radius 3 is 2.54 bits per heavy atom. The summed E-state index contributed by atoms with van der Waals surface area (Å²) in [6.07, 6.45) is 1.30. The van der Waals surface area contributed by atoms with Gasteiger partial charge in [0.2, 0.25) is 0 Å². The molecule has 4 rings (SSSR count). The molecule has 3 aromatic carbocycles. The molecule has 0 saturated carbocycles. The molecule has 0 saturated heterocycles. The number of ether oxygens (including phenoxy) is 1. The second-order valence-electron chi connectivity index (χ2n) is 7.40.